The van der Waals surface area contributed by atoms with Gasteiger partial charge < -0.3 is 19.6 Å². The van der Waals surface area contributed by atoms with Crippen LogP contribution in [-0.2, 0) is 9.53 Å². The topological polar surface area (TPSA) is 91.6 Å². The van der Waals surface area contributed by atoms with Crippen molar-refractivity contribution in [3.05, 3.63) is 26.3 Å². The van der Waals surface area contributed by atoms with Gasteiger partial charge in [0.25, 0.3) is 0 Å². The van der Waals surface area contributed by atoms with E-state index in [4.69, 9.17) is 9.47 Å². The first-order valence-corrected chi connectivity index (χ1v) is 6.31. The molecule has 0 aliphatic carbocycles. The summed E-state index contributed by atoms with van der Waals surface area (Å²) in [7, 11) is 0. The summed E-state index contributed by atoms with van der Waals surface area (Å²) in [5, 5.41) is 10.9. The second-order valence-electron chi connectivity index (χ2n) is 3.68. The van der Waals surface area contributed by atoms with E-state index in [2.05, 4.69) is 20.9 Å². The molecule has 1 aromatic rings. The van der Waals surface area contributed by atoms with Crippen molar-refractivity contribution in [3.8, 4) is 5.75 Å². The molecule has 0 saturated heterocycles. The van der Waals surface area contributed by atoms with Gasteiger partial charge in [0.1, 0.15) is 0 Å². The van der Waals surface area contributed by atoms with Crippen LogP contribution in [0.2, 0.25) is 0 Å². The van der Waals surface area contributed by atoms with Crippen LogP contribution in [0.4, 0.5) is 5.82 Å². The minimum Gasteiger partial charge on any atom is -0.470 e. The van der Waals surface area contributed by atoms with Crippen LogP contribution in [0.15, 0.2) is 10.7 Å². The van der Waals surface area contributed by atoms with Gasteiger partial charge in [-0.2, -0.15) is 0 Å². The van der Waals surface area contributed by atoms with E-state index >= 15 is 0 Å². The average Bonchev–Trinajstić information content (AvgIpc) is 2.32. The molecule has 0 spiro atoms. The van der Waals surface area contributed by atoms with Gasteiger partial charge in [-0.05, 0) is 30.7 Å². The number of halogens is 1. The van der Waals surface area contributed by atoms with E-state index in [1.54, 1.807) is 19.9 Å². The van der Waals surface area contributed by atoms with E-state index < -0.39 is 22.8 Å². The van der Waals surface area contributed by atoms with E-state index in [0.717, 1.165) is 0 Å². The monoisotopic (exact) mass is 332 g/mol. The number of carbonyl (C=O) groups excluding carboxylic acids is 1. The maximum absolute atomic E-state index is 11.5. The number of carbonyl (C=O) groups is 1. The highest BCUT2D eigenvalue weighted by atomic mass is 79.9. The van der Waals surface area contributed by atoms with E-state index in [1.165, 1.54) is 6.92 Å². The average molecular weight is 333 g/mol. The molecule has 0 aromatic carbocycles. The lowest BCUT2D eigenvalue weighted by Gasteiger charge is -2.14. The van der Waals surface area contributed by atoms with Crippen LogP contribution in [0, 0.1) is 17.0 Å². The molecule has 0 unspecified atom stereocenters. The molecule has 1 heterocycles. The van der Waals surface area contributed by atoms with Crippen molar-refractivity contribution in [1.29, 1.82) is 0 Å². The Labute approximate surface area is 118 Å². The lowest BCUT2D eigenvalue weighted by molar-refractivity contribution is -0.390. The Morgan fingerprint density at radius 1 is 1.63 bits per heavy atom. The molecule has 1 rings (SSSR count). The Morgan fingerprint density at radius 3 is 2.79 bits per heavy atom. The van der Waals surface area contributed by atoms with Crippen LogP contribution >= 0.6 is 15.9 Å². The molecule has 0 bridgehead atoms. The van der Waals surface area contributed by atoms with Gasteiger partial charge in [-0.15, -0.1) is 0 Å². The predicted molar refractivity (Wildman–Crippen MR) is 70.1 cm³/mol. The van der Waals surface area contributed by atoms with Crippen molar-refractivity contribution < 1.29 is 19.2 Å². The van der Waals surface area contributed by atoms with E-state index in [1.807, 2.05) is 0 Å². The van der Waals surface area contributed by atoms with Gasteiger partial charge in [0.05, 0.1) is 6.61 Å². The SMILES string of the molecule is CCOC(=O)[C@@H](C)Oc1c(C)cc(Br)nc1[N+](=O)[O-]. The number of pyridine rings is 1. The summed E-state index contributed by atoms with van der Waals surface area (Å²) < 4.78 is 10.4. The summed E-state index contributed by atoms with van der Waals surface area (Å²) in [6, 6.07) is 1.57. The van der Waals surface area contributed by atoms with Crippen LogP contribution in [-0.4, -0.2) is 28.6 Å². The summed E-state index contributed by atoms with van der Waals surface area (Å²) in [5.74, 6) is -1.06. The Kier molecular flexibility index (Phi) is 5.22. The molecule has 7 nitrogen and oxygen atoms in total. The number of aryl methyl sites for hydroxylation is 1. The zero-order valence-electron chi connectivity index (χ0n) is 10.7. The van der Waals surface area contributed by atoms with Gasteiger partial charge in [0.15, 0.2) is 6.10 Å². The van der Waals surface area contributed by atoms with Gasteiger partial charge in [-0.3, -0.25) is 0 Å². The van der Waals surface area contributed by atoms with E-state index in [0.29, 0.717) is 10.2 Å². The van der Waals surface area contributed by atoms with Crippen LogP contribution in [0.3, 0.4) is 0 Å². The predicted octanol–water partition coefficient (Wildman–Crippen LogP) is 2.39. The first kappa shape index (κ1) is 15.4. The molecular weight excluding hydrogens is 320 g/mol. The highest BCUT2D eigenvalue weighted by molar-refractivity contribution is 9.10. The summed E-state index contributed by atoms with van der Waals surface area (Å²) in [5.41, 5.74) is 0.504. The lowest BCUT2D eigenvalue weighted by Crippen LogP contribution is -2.26. The first-order chi connectivity index (χ1) is 8.86. The van der Waals surface area contributed by atoms with Gasteiger partial charge in [0, 0.05) is 27.6 Å². The Morgan fingerprint density at radius 2 is 2.26 bits per heavy atom. The fourth-order valence-electron chi connectivity index (χ4n) is 1.36. The molecule has 0 saturated carbocycles. The molecule has 0 aliphatic rings. The zero-order chi connectivity index (χ0) is 14.6. The number of nitro groups is 1. The number of ether oxygens (including phenoxy) is 2. The smallest absolute Gasteiger partial charge is 0.407 e. The number of rotatable bonds is 5. The minimum absolute atomic E-state index is 0.0336. The summed E-state index contributed by atoms with van der Waals surface area (Å²) in [6.07, 6.45) is -0.944. The third-order valence-corrected chi connectivity index (χ3v) is 2.60. The molecule has 1 aromatic heterocycles. The first-order valence-electron chi connectivity index (χ1n) is 5.51. The number of esters is 1. The molecule has 8 heteroatoms. The van der Waals surface area contributed by atoms with Gasteiger partial charge in [0.2, 0.25) is 10.4 Å². The summed E-state index contributed by atoms with van der Waals surface area (Å²) in [4.78, 5) is 25.5. The Balaban J connectivity index is 3.06. The fraction of sp³-hybridized carbons (Fsp3) is 0.455. The number of aromatic nitrogens is 1. The molecular formula is C11H13BrN2O5. The van der Waals surface area contributed by atoms with E-state index in [-0.39, 0.29) is 12.4 Å². The Hall–Kier alpha value is -1.70. The maximum Gasteiger partial charge on any atom is 0.407 e. The Bertz CT molecular complexity index is 506. The van der Waals surface area contributed by atoms with Crippen LogP contribution in [0.5, 0.6) is 5.75 Å². The van der Waals surface area contributed by atoms with Crippen molar-refractivity contribution in [2.45, 2.75) is 26.9 Å². The van der Waals surface area contributed by atoms with E-state index in [9.17, 15) is 14.9 Å². The molecule has 104 valence electrons. The van der Waals surface area contributed by atoms with Crippen LogP contribution in [0.25, 0.3) is 0 Å². The van der Waals surface area contributed by atoms with Crippen molar-refractivity contribution >= 4 is 27.7 Å². The fourth-order valence-corrected chi connectivity index (χ4v) is 1.87. The highest BCUT2D eigenvalue weighted by Crippen LogP contribution is 2.31. The lowest BCUT2D eigenvalue weighted by atomic mass is 10.2. The zero-order valence-corrected chi connectivity index (χ0v) is 12.3. The van der Waals surface area contributed by atoms with Gasteiger partial charge in [-0.1, -0.05) is 0 Å². The number of nitrogens with zero attached hydrogens (tertiary/aromatic N) is 2. The normalized spacial score (nSPS) is 11.8. The van der Waals surface area contributed by atoms with Gasteiger partial charge in [-0.25, -0.2) is 4.79 Å². The second kappa shape index (κ2) is 6.46. The van der Waals surface area contributed by atoms with Crippen molar-refractivity contribution in [1.82, 2.24) is 4.98 Å². The maximum atomic E-state index is 11.5. The molecule has 0 amide bonds. The second-order valence-corrected chi connectivity index (χ2v) is 4.50. The van der Waals surface area contributed by atoms with Crippen molar-refractivity contribution in [2.24, 2.45) is 0 Å². The molecule has 0 fully saturated rings. The third kappa shape index (κ3) is 3.88. The standard InChI is InChI=1S/C11H13BrN2O5/c1-4-18-11(15)7(3)19-9-6(2)5-8(12)13-10(9)14(16)17/h5,7H,4H2,1-3H3/t7-/m1/s1. The summed E-state index contributed by atoms with van der Waals surface area (Å²) >= 11 is 3.07. The number of hydrogen-bond acceptors (Lipinski definition) is 6. The number of hydrogen-bond donors (Lipinski definition) is 0. The van der Waals surface area contributed by atoms with Crippen LogP contribution < -0.4 is 4.74 Å². The highest BCUT2D eigenvalue weighted by Gasteiger charge is 2.26. The van der Waals surface area contributed by atoms with Crippen molar-refractivity contribution in [3.63, 3.8) is 0 Å². The summed E-state index contributed by atoms with van der Waals surface area (Å²) in [6.45, 7) is 4.97. The molecule has 0 aliphatic heterocycles. The molecule has 0 radical (unpaired) electrons. The molecule has 19 heavy (non-hydrogen) atoms. The quantitative estimate of drug-likeness (QED) is 0.356. The molecule has 1 atom stereocenters. The van der Waals surface area contributed by atoms with Crippen molar-refractivity contribution in [2.75, 3.05) is 6.61 Å². The van der Waals surface area contributed by atoms with Gasteiger partial charge >= 0.3 is 11.8 Å². The minimum atomic E-state index is -0.944. The van der Waals surface area contributed by atoms with Crippen LogP contribution in [0.1, 0.15) is 19.4 Å². The molecule has 0 N–H and O–H groups in total. The third-order valence-electron chi connectivity index (χ3n) is 2.20. The largest absolute Gasteiger partial charge is 0.470 e.